The fourth-order valence-corrected chi connectivity index (χ4v) is 6.24. The molecular formula is C28H24FNO6S2. The first kappa shape index (κ1) is 26.3. The van der Waals surface area contributed by atoms with E-state index < -0.39 is 42.2 Å². The predicted octanol–water partition coefficient (Wildman–Crippen LogP) is 5.37. The summed E-state index contributed by atoms with van der Waals surface area (Å²) in [6.45, 7) is 0.647. The molecule has 3 heterocycles. The maximum Gasteiger partial charge on any atom is 0.338 e. The predicted molar refractivity (Wildman–Crippen MR) is 142 cm³/mol. The van der Waals surface area contributed by atoms with Crippen LogP contribution in [0.3, 0.4) is 0 Å². The van der Waals surface area contributed by atoms with Crippen molar-refractivity contribution in [3.63, 3.8) is 0 Å². The quantitative estimate of drug-likeness (QED) is 0.241. The zero-order valence-corrected chi connectivity index (χ0v) is 22.1. The van der Waals surface area contributed by atoms with Crippen molar-refractivity contribution < 1.29 is 33.3 Å². The van der Waals surface area contributed by atoms with Gasteiger partial charge in [-0.25, -0.2) is 14.0 Å². The highest BCUT2D eigenvalue weighted by molar-refractivity contribution is 7.98. The van der Waals surface area contributed by atoms with Crippen molar-refractivity contribution in [1.29, 1.82) is 0 Å². The molecule has 2 aromatic heterocycles. The first-order valence-electron chi connectivity index (χ1n) is 11.7. The first-order chi connectivity index (χ1) is 18.3. The number of halogens is 1. The molecule has 1 fully saturated rings. The van der Waals surface area contributed by atoms with Gasteiger partial charge in [0, 0.05) is 21.9 Å². The third-order valence-electron chi connectivity index (χ3n) is 6.48. The minimum absolute atomic E-state index is 0.131. The van der Waals surface area contributed by atoms with Crippen molar-refractivity contribution >= 4 is 45.9 Å². The van der Waals surface area contributed by atoms with Crippen LogP contribution in [-0.2, 0) is 20.0 Å². The highest BCUT2D eigenvalue weighted by Crippen LogP contribution is 2.52. The number of fused-ring (bicyclic) bond motifs is 1. The van der Waals surface area contributed by atoms with Crippen LogP contribution in [0.4, 0.5) is 4.39 Å². The zero-order chi connectivity index (χ0) is 26.9. The van der Waals surface area contributed by atoms with E-state index in [1.54, 1.807) is 60.1 Å². The number of esters is 2. The van der Waals surface area contributed by atoms with Gasteiger partial charge in [0.1, 0.15) is 12.7 Å². The molecule has 0 spiro atoms. The van der Waals surface area contributed by atoms with Crippen LogP contribution in [0.5, 0.6) is 0 Å². The third-order valence-corrected chi connectivity index (χ3v) is 8.33. The summed E-state index contributed by atoms with van der Waals surface area (Å²) in [7, 11) is 0. The van der Waals surface area contributed by atoms with Gasteiger partial charge in [0.15, 0.2) is 6.10 Å². The van der Waals surface area contributed by atoms with Crippen molar-refractivity contribution in [2.45, 2.75) is 35.5 Å². The molecule has 0 aliphatic carbocycles. The van der Waals surface area contributed by atoms with Crippen molar-refractivity contribution in [3.05, 3.63) is 94.3 Å². The van der Waals surface area contributed by atoms with Crippen molar-refractivity contribution in [2.24, 2.45) is 0 Å². The topological polar surface area (TPSA) is 95.0 Å². The number of alkyl halides is 1. The molecular weight excluding hydrogens is 529 g/mol. The average Bonchev–Trinajstić information content (AvgIpc) is 3.46. The summed E-state index contributed by atoms with van der Waals surface area (Å²) in [5.74, 6) is -3.99. The van der Waals surface area contributed by atoms with E-state index in [-0.39, 0.29) is 10.4 Å². The summed E-state index contributed by atoms with van der Waals surface area (Å²) < 4.78 is 33.7. The standard InChI is InChI=1S/C28H24FNO6S2/c1-27(29)23(35-26(32)18-11-7-4-8-12-18)20(15-34-25(31)17-9-5-3-6-10-17)36-28(27,33)24-22-19(16-38-24)21(37-2)13-14-30-22/h3-14,16,20,23,33H,15H2,1-2H3/t20-,23-,27-,28?/m1/s1. The number of ether oxygens (including phenoxy) is 3. The molecule has 1 aliphatic heterocycles. The van der Waals surface area contributed by atoms with E-state index in [1.165, 1.54) is 23.9 Å². The van der Waals surface area contributed by atoms with E-state index >= 15 is 4.39 Å². The molecule has 1 aliphatic rings. The van der Waals surface area contributed by atoms with E-state index in [2.05, 4.69) is 4.98 Å². The van der Waals surface area contributed by atoms with Crippen LogP contribution in [0.2, 0.25) is 0 Å². The molecule has 2 aromatic carbocycles. The Labute approximate surface area is 226 Å². The summed E-state index contributed by atoms with van der Waals surface area (Å²) in [5.41, 5.74) is -1.76. The van der Waals surface area contributed by atoms with Crippen molar-refractivity contribution in [1.82, 2.24) is 4.98 Å². The Hall–Kier alpha value is -3.31. The molecule has 4 aromatic rings. The molecule has 0 bridgehead atoms. The van der Waals surface area contributed by atoms with Crippen molar-refractivity contribution in [2.75, 3.05) is 12.9 Å². The van der Waals surface area contributed by atoms with Crippen LogP contribution >= 0.6 is 23.1 Å². The number of thioether (sulfide) groups is 1. The van der Waals surface area contributed by atoms with Gasteiger partial charge in [-0.3, -0.25) is 4.98 Å². The number of carbonyl (C=O) groups is 2. The molecule has 0 saturated carbocycles. The highest BCUT2D eigenvalue weighted by atomic mass is 32.2. The SMILES string of the molecule is CSc1ccnc2c(C3(O)O[C@H](COC(=O)c4ccccc4)[C@@H](OC(=O)c4ccccc4)[C@@]3(C)F)scc12. The average molecular weight is 554 g/mol. The third kappa shape index (κ3) is 4.58. The normalized spacial score (nSPS) is 24.8. The van der Waals surface area contributed by atoms with E-state index in [4.69, 9.17) is 14.2 Å². The van der Waals surface area contributed by atoms with E-state index in [9.17, 15) is 14.7 Å². The van der Waals surface area contributed by atoms with Gasteiger partial charge in [0.2, 0.25) is 11.5 Å². The minimum atomic E-state index is -2.63. The Morgan fingerprint density at radius 1 is 1.08 bits per heavy atom. The van der Waals surface area contributed by atoms with Crippen LogP contribution in [0.1, 0.15) is 32.5 Å². The zero-order valence-electron chi connectivity index (χ0n) is 20.5. The van der Waals surface area contributed by atoms with E-state index in [1.807, 2.05) is 12.3 Å². The van der Waals surface area contributed by atoms with Crippen LogP contribution in [0, 0.1) is 0 Å². The molecule has 38 heavy (non-hydrogen) atoms. The number of rotatable bonds is 7. The van der Waals surface area contributed by atoms with Crippen LogP contribution in [-0.4, -0.2) is 52.8 Å². The van der Waals surface area contributed by atoms with Gasteiger partial charge in [-0.2, -0.15) is 0 Å². The smallest absolute Gasteiger partial charge is 0.338 e. The maximum atomic E-state index is 16.8. The van der Waals surface area contributed by atoms with Gasteiger partial charge in [-0.05, 0) is 43.5 Å². The van der Waals surface area contributed by atoms with Crippen LogP contribution in [0.25, 0.3) is 10.9 Å². The second-order valence-corrected chi connectivity index (χ2v) is 10.6. The lowest BCUT2D eigenvalue weighted by molar-refractivity contribution is -0.250. The maximum absolute atomic E-state index is 16.8. The first-order valence-corrected chi connectivity index (χ1v) is 13.8. The number of benzene rings is 2. The number of pyridine rings is 1. The molecule has 4 atom stereocenters. The van der Waals surface area contributed by atoms with Crippen molar-refractivity contribution in [3.8, 4) is 0 Å². The second kappa shape index (κ2) is 10.5. The van der Waals surface area contributed by atoms with Gasteiger partial charge >= 0.3 is 11.9 Å². The molecule has 0 radical (unpaired) electrons. The van der Waals surface area contributed by atoms with Gasteiger partial charge in [0.05, 0.1) is 21.5 Å². The summed E-state index contributed by atoms with van der Waals surface area (Å²) >= 11 is 2.59. The molecule has 1 N–H and O–H groups in total. The number of aromatic nitrogens is 1. The van der Waals surface area contributed by atoms with E-state index in [0.717, 1.165) is 28.5 Å². The minimum Gasteiger partial charge on any atom is -0.459 e. The molecule has 0 amide bonds. The Morgan fingerprint density at radius 3 is 2.34 bits per heavy atom. The van der Waals surface area contributed by atoms with E-state index in [0.29, 0.717) is 11.1 Å². The molecule has 1 saturated heterocycles. The number of hydrogen-bond acceptors (Lipinski definition) is 9. The van der Waals surface area contributed by atoms with Gasteiger partial charge in [0.25, 0.3) is 0 Å². The summed E-state index contributed by atoms with van der Waals surface area (Å²) in [6, 6.07) is 18.2. The summed E-state index contributed by atoms with van der Waals surface area (Å²) in [6.07, 6.45) is 0.563. The fourth-order valence-electron chi connectivity index (χ4n) is 4.44. The number of carbonyl (C=O) groups excluding carboxylic acids is 2. The van der Waals surface area contributed by atoms with Gasteiger partial charge in [-0.15, -0.1) is 23.1 Å². The van der Waals surface area contributed by atoms with Crippen LogP contribution < -0.4 is 0 Å². The number of nitrogens with zero attached hydrogens (tertiary/aromatic N) is 1. The summed E-state index contributed by atoms with van der Waals surface area (Å²) in [4.78, 5) is 30.9. The molecule has 196 valence electrons. The Balaban J connectivity index is 1.50. The van der Waals surface area contributed by atoms with Crippen LogP contribution in [0.15, 0.2) is 83.2 Å². The molecule has 5 rings (SSSR count). The molecule has 7 nitrogen and oxygen atoms in total. The monoisotopic (exact) mass is 553 g/mol. The van der Waals surface area contributed by atoms with Gasteiger partial charge < -0.3 is 19.3 Å². The fraction of sp³-hybridized carbons (Fsp3) is 0.250. The lowest BCUT2D eigenvalue weighted by atomic mass is 9.90. The molecule has 10 heteroatoms. The second-order valence-electron chi connectivity index (χ2n) is 8.87. The summed E-state index contributed by atoms with van der Waals surface area (Å²) in [5, 5.41) is 14.3. The number of aliphatic hydroxyl groups is 1. The number of thiophene rings is 1. The highest BCUT2D eigenvalue weighted by Gasteiger charge is 2.68. The lowest BCUT2D eigenvalue weighted by Gasteiger charge is -2.32. The lowest BCUT2D eigenvalue weighted by Crippen LogP contribution is -2.50. The Kier molecular flexibility index (Phi) is 7.23. The van der Waals surface area contributed by atoms with Gasteiger partial charge in [-0.1, -0.05) is 36.4 Å². The number of hydrogen-bond donors (Lipinski definition) is 1. The Morgan fingerprint density at radius 2 is 1.71 bits per heavy atom. The Bertz CT molecular complexity index is 1460. The largest absolute Gasteiger partial charge is 0.459 e. The molecule has 1 unspecified atom stereocenters.